The highest BCUT2D eigenvalue weighted by molar-refractivity contribution is 6.32. The molecule has 0 aliphatic heterocycles. The van der Waals surface area contributed by atoms with Gasteiger partial charge in [0.15, 0.2) is 18.1 Å². The Bertz CT molecular complexity index is 621. The summed E-state index contributed by atoms with van der Waals surface area (Å²) in [5.74, 6) is 0.642. The zero-order valence-corrected chi connectivity index (χ0v) is 13.2. The third-order valence-corrected chi connectivity index (χ3v) is 2.80. The summed E-state index contributed by atoms with van der Waals surface area (Å²) in [6, 6.07) is 3.44. The number of halogens is 2. The molecule has 0 unspecified atom stereocenters. The number of anilines is 1. The lowest BCUT2D eigenvalue weighted by Crippen LogP contribution is -2.20. The molecule has 4 N–H and O–H groups in total. The summed E-state index contributed by atoms with van der Waals surface area (Å²) in [7, 11) is 1.48. The van der Waals surface area contributed by atoms with E-state index in [0.29, 0.717) is 23.3 Å². The number of hydrogen-bond acceptors (Lipinski definition) is 6. The van der Waals surface area contributed by atoms with E-state index in [0.717, 1.165) is 5.56 Å². The largest absolute Gasteiger partial charge is 0.493 e. The lowest BCUT2D eigenvalue weighted by atomic mass is 10.2. The predicted octanol–water partition coefficient (Wildman–Crippen LogP) is 1.36. The Morgan fingerprint density at radius 2 is 2.27 bits per heavy atom. The Balaban J connectivity index is 0.00000242. The summed E-state index contributed by atoms with van der Waals surface area (Å²) in [5, 5.41) is 9.76. The third kappa shape index (κ3) is 4.68. The number of primary amides is 1. The number of aromatic amines is 1. The van der Waals surface area contributed by atoms with Gasteiger partial charge in [-0.25, -0.2) is 10.1 Å². The normalized spacial score (nSPS) is 9.73. The fraction of sp³-hybridized carbons (Fsp3) is 0.250. The molecule has 0 saturated heterocycles. The van der Waals surface area contributed by atoms with E-state index in [4.69, 9.17) is 26.8 Å². The van der Waals surface area contributed by atoms with Crippen LogP contribution in [0.4, 0.5) is 5.95 Å². The van der Waals surface area contributed by atoms with E-state index >= 15 is 0 Å². The molecule has 0 fully saturated rings. The zero-order chi connectivity index (χ0) is 15.2. The molecule has 120 valence electrons. The first kappa shape index (κ1) is 17.9. The maximum atomic E-state index is 10.8. The van der Waals surface area contributed by atoms with Gasteiger partial charge >= 0.3 is 0 Å². The van der Waals surface area contributed by atoms with E-state index < -0.39 is 5.91 Å². The Hall–Kier alpha value is -2.19. The number of ether oxygens (including phenoxy) is 2. The number of rotatable bonds is 7. The molecule has 1 heterocycles. The number of nitrogens with two attached hydrogens (primary N) is 1. The van der Waals surface area contributed by atoms with Gasteiger partial charge in [-0.15, -0.1) is 12.4 Å². The van der Waals surface area contributed by atoms with Crippen LogP contribution < -0.4 is 20.5 Å². The van der Waals surface area contributed by atoms with Gasteiger partial charge in [-0.05, 0) is 17.7 Å². The summed E-state index contributed by atoms with van der Waals surface area (Å²) in [5.41, 5.74) is 5.89. The van der Waals surface area contributed by atoms with Crippen molar-refractivity contribution in [2.24, 2.45) is 5.73 Å². The fourth-order valence-electron chi connectivity index (χ4n) is 1.64. The Kier molecular flexibility index (Phi) is 6.74. The van der Waals surface area contributed by atoms with Gasteiger partial charge in [0.2, 0.25) is 5.95 Å². The Labute approximate surface area is 137 Å². The molecule has 2 rings (SSSR count). The van der Waals surface area contributed by atoms with E-state index in [-0.39, 0.29) is 24.8 Å². The minimum absolute atomic E-state index is 0. The fourth-order valence-corrected chi connectivity index (χ4v) is 1.92. The van der Waals surface area contributed by atoms with Gasteiger partial charge < -0.3 is 20.5 Å². The highest BCUT2D eigenvalue weighted by Gasteiger charge is 2.13. The van der Waals surface area contributed by atoms with Crippen molar-refractivity contribution in [1.29, 1.82) is 0 Å². The molecular formula is C12H15Cl2N5O3. The number of nitrogens with zero attached hydrogens (tertiary/aromatic N) is 2. The molecule has 22 heavy (non-hydrogen) atoms. The maximum absolute atomic E-state index is 10.8. The molecule has 2 aromatic rings. The monoisotopic (exact) mass is 347 g/mol. The summed E-state index contributed by atoms with van der Waals surface area (Å²) in [4.78, 5) is 14.7. The van der Waals surface area contributed by atoms with Gasteiger partial charge in [0.25, 0.3) is 5.91 Å². The summed E-state index contributed by atoms with van der Waals surface area (Å²) in [6.45, 7) is 0.188. The molecule has 8 nitrogen and oxygen atoms in total. The lowest BCUT2D eigenvalue weighted by Gasteiger charge is -2.13. The average Bonchev–Trinajstić information content (AvgIpc) is 2.96. The summed E-state index contributed by atoms with van der Waals surface area (Å²) >= 11 is 6.14. The minimum Gasteiger partial charge on any atom is -0.493 e. The maximum Gasteiger partial charge on any atom is 0.255 e. The quantitative estimate of drug-likeness (QED) is 0.696. The average molecular weight is 348 g/mol. The van der Waals surface area contributed by atoms with Crippen LogP contribution in [0.2, 0.25) is 5.02 Å². The van der Waals surface area contributed by atoms with Crippen molar-refractivity contribution in [1.82, 2.24) is 15.2 Å². The molecule has 0 aliphatic carbocycles. The second-order valence-electron chi connectivity index (χ2n) is 4.05. The molecule has 1 amide bonds. The van der Waals surface area contributed by atoms with Crippen LogP contribution in [0.15, 0.2) is 18.5 Å². The number of amides is 1. The predicted molar refractivity (Wildman–Crippen MR) is 83.7 cm³/mol. The first-order valence-corrected chi connectivity index (χ1v) is 6.34. The van der Waals surface area contributed by atoms with Crippen LogP contribution in [0.1, 0.15) is 5.56 Å². The van der Waals surface area contributed by atoms with Crippen LogP contribution in [0.25, 0.3) is 0 Å². The molecule has 1 aromatic carbocycles. The number of carbonyl (C=O) groups excluding carboxylic acids is 1. The van der Waals surface area contributed by atoms with Gasteiger partial charge in [0.1, 0.15) is 6.33 Å². The topological polar surface area (TPSA) is 115 Å². The smallest absolute Gasteiger partial charge is 0.255 e. The van der Waals surface area contributed by atoms with Crippen molar-refractivity contribution < 1.29 is 14.3 Å². The standard InChI is InChI=1S/C12H14ClN5O3.ClH/c1-20-9-3-7(4-15-12-16-6-17-18-12)2-8(13)11(9)21-5-10(14)19;/h2-3,6H,4-5H2,1H3,(H2,14,19)(H2,15,16,17,18);1H. The van der Waals surface area contributed by atoms with Crippen LogP contribution in [-0.2, 0) is 11.3 Å². The molecule has 10 heteroatoms. The lowest BCUT2D eigenvalue weighted by molar-refractivity contribution is -0.119. The first-order chi connectivity index (χ1) is 10.1. The number of hydrogen-bond donors (Lipinski definition) is 3. The molecule has 0 aliphatic rings. The van der Waals surface area contributed by atoms with Crippen molar-refractivity contribution in [2.75, 3.05) is 19.0 Å². The molecule has 0 bridgehead atoms. The number of nitrogens with one attached hydrogen (secondary N) is 2. The van der Waals surface area contributed by atoms with Crippen LogP contribution in [0, 0.1) is 0 Å². The van der Waals surface area contributed by atoms with E-state index in [1.807, 2.05) is 0 Å². The molecular weight excluding hydrogens is 333 g/mol. The Morgan fingerprint density at radius 1 is 1.50 bits per heavy atom. The number of methoxy groups -OCH3 is 1. The highest BCUT2D eigenvalue weighted by atomic mass is 35.5. The van der Waals surface area contributed by atoms with Crippen molar-refractivity contribution >= 4 is 35.9 Å². The highest BCUT2D eigenvalue weighted by Crippen LogP contribution is 2.36. The van der Waals surface area contributed by atoms with Gasteiger partial charge in [0.05, 0.1) is 12.1 Å². The SMILES string of the molecule is COc1cc(CNc2ncn[nH]2)cc(Cl)c1OCC(N)=O.Cl. The van der Waals surface area contributed by atoms with Crippen LogP contribution in [-0.4, -0.2) is 34.8 Å². The number of aromatic nitrogens is 3. The molecule has 0 spiro atoms. The number of carbonyl (C=O) groups is 1. The Morgan fingerprint density at radius 3 is 2.86 bits per heavy atom. The van der Waals surface area contributed by atoms with Gasteiger partial charge in [-0.2, -0.15) is 5.10 Å². The third-order valence-electron chi connectivity index (χ3n) is 2.52. The van der Waals surface area contributed by atoms with Crippen LogP contribution in [0.3, 0.4) is 0 Å². The summed E-state index contributed by atoms with van der Waals surface area (Å²) in [6.07, 6.45) is 1.40. The number of benzene rings is 1. The van der Waals surface area contributed by atoms with Gasteiger partial charge in [-0.1, -0.05) is 11.6 Å². The second kappa shape index (κ2) is 8.30. The molecule has 1 aromatic heterocycles. The van der Waals surface area contributed by atoms with Crippen LogP contribution >= 0.6 is 24.0 Å². The van der Waals surface area contributed by atoms with Gasteiger partial charge in [0, 0.05) is 6.54 Å². The summed E-state index contributed by atoms with van der Waals surface area (Å²) < 4.78 is 10.5. The molecule has 0 saturated carbocycles. The van der Waals surface area contributed by atoms with E-state index in [1.54, 1.807) is 12.1 Å². The van der Waals surface area contributed by atoms with Crippen molar-refractivity contribution in [2.45, 2.75) is 6.54 Å². The van der Waals surface area contributed by atoms with Gasteiger partial charge in [-0.3, -0.25) is 4.79 Å². The van der Waals surface area contributed by atoms with Crippen molar-refractivity contribution in [3.8, 4) is 11.5 Å². The van der Waals surface area contributed by atoms with Crippen molar-refractivity contribution in [3.05, 3.63) is 29.0 Å². The zero-order valence-electron chi connectivity index (χ0n) is 11.6. The van der Waals surface area contributed by atoms with Crippen LogP contribution in [0.5, 0.6) is 11.5 Å². The number of H-pyrrole nitrogens is 1. The van der Waals surface area contributed by atoms with E-state index in [2.05, 4.69) is 20.5 Å². The van der Waals surface area contributed by atoms with Crippen molar-refractivity contribution in [3.63, 3.8) is 0 Å². The van der Waals surface area contributed by atoms with E-state index in [1.165, 1.54) is 13.4 Å². The molecule has 0 radical (unpaired) electrons. The first-order valence-electron chi connectivity index (χ1n) is 5.97. The molecule has 0 atom stereocenters. The minimum atomic E-state index is -0.593. The van der Waals surface area contributed by atoms with E-state index in [9.17, 15) is 4.79 Å². The second-order valence-corrected chi connectivity index (χ2v) is 4.46.